The van der Waals surface area contributed by atoms with Crippen molar-refractivity contribution in [2.45, 2.75) is 18.9 Å². The van der Waals surface area contributed by atoms with Gasteiger partial charge in [-0.1, -0.05) is 11.6 Å². The van der Waals surface area contributed by atoms with Crippen LogP contribution < -0.4 is 5.32 Å². The van der Waals surface area contributed by atoms with Crippen LogP contribution in [0.5, 0.6) is 0 Å². The number of aromatic nitrogens is 2. The summed E-state index contributed by atoms with van der Waals surface area (Å²) in [5.74, 6) is -0.492. The Morgan fingerprint density at radius 2 is 2.07 bits per heavy atom. The van der Waals surface area contributed by atoms with Gasteiger partial charge in [0.2, 0.25) is 0 Å². The average Bonchev–Trinajstić information content (AvgIpc) is 3.35. The molecule has 1 fully saturated rings. The van der Waals surface area contributed by atoms with E-state index >= 15 is 0 Å². The molecule has 144 valence electrons. The number of furan rings is 1. The first kappa shape index (κ1) is 18.3. The number of nitrogens with zero attached hydrogens (tertiary/aromatic N) is 3. The van der Waals surface area contributed by atoms with Gasteiger partial charge in [-0.2, -0.15) is 5.10 Å². The number of nitrogens with one attached hydrogen (secondary N) is 1. The molecule has 0 saturated carbocycles. The molecular weight excluding hydrogens is 384 g/mol. The fourth-order valence-corrected chi connectivity index (χ4v) is 3.22. The summed E-state index contributed by atoms with van der Waals surface area (Å²) in [6.07, 6.45) is 2.60. The number of hydrogen-bond donors (Lipinski definition) is 2. The standard InChI is InChI=1S/C19H17ClN4O4/c20-12-5-7-13(8-6-12)24-16(17-4-2-10-28-17)11-15(22-24)18(25)21-14-3-1-9-23(27)19(14)26/h2,4-8,10-11,14,27H,1,3,9H2,(H,21,25). The van der Waals surface area contributed by atoms with E-state index in [2.05, 4.69) is 10.4 Å². The smallest absolute Gasteiger partial charge is 0.272 e. The summed E-state index contributed by atoms with van der Waals surface area (Å²) in [6, 6.07) is 11.3. The van der Waals surface area contributed by atoms with Crippen molar-refractivity contribution >= 4 is 23.4 Å². The number of benzene rings is 1. The molecule has 1 aromatic carbocycles. The number of rotatable bonds is 4. The van der Waals surface area contributed by atoms with Gasteiger partial charge in [0.1, 0.15) is 11.7 Å². The Balaban J connectivity index is 1.66. The van der Waals surface area contributed by atoms with Gasteiger partial charge in [0.25, 0.3) is 11.8 Å². The van der Waals surface area contributed by atoms with Crippen LogP contribution in [0.25, 0.3) is 17.1 Å². The number of carbonyl (C=O) groups is 2. The highest BCUT2D eigenvalue weighted by atomic mass is 35.5. The number of halogens is 1. The molecule has 1 saturated heterocycles. The highest BCUT2D eigenvalue weighted by Crippen LogP contribution is 2.25. The number of amides is 2. The minimum absolute atomic E-state index is 0.129. The van der Waals surface area contributed by atoms with Gasteiger partial charge in [0, 0.05) is 17.6 Å². The summed E-state index contributed by atoms with van der Waals surface area (Å²) in [7, 11) is 0. The van der Waals surface area contributed by atoms with Crippen molar-refractivity contribution in [3.8, 4) is 17.1 Å². The Bertz CT molecular complexity index is 998. The lowest BCUT2D eigenvalue weighted by Gasteiger charge is -2.27. The van der Waals surface area contributed by atoms with E-state index < -0.39 is 17.9 Å². The molecule has 28 heavy (non-hydrogen) atoms. The van der Waals surface area contributed by atoms with Crippen LogP contribution in [0, 0.1) is 0 Å². The van der Waals surface area contributed by atoms with E-state index in [1.54, 1.807) is 47.1 Å². The molecule has 1 aliphatic rings. The molecule has 3 aromatic rings. The molecule has 4 rings (SSSR count). The first-order chi connectivity index (χ1) is 13.5. The first-order valence-electron chi connectivity index (χ1n) is 8.74. The predicted octanol–water partition coefficient (Wildman–Crippen LogP) is 2.90. The lowest BCUT2D eigenvalue weighted by molar-refractivity contribution is -0.172. The van der Waals surface area contributed by atoms with Crippen LogP contribution in [-0.2, 0) is 4.79 Å². The van der Waals surface area contributed by atoms with Crippen molar-refractivity contribution in [1.82, 2.24) is 20.2 Å². The lowest BCUT2D eigenvalue weighted by Crippen LogP contribution is -2.51. The van der Waals surface area contributed by atoms with Gasteiger partial charge in [-0.15, -0.1) is 0 Å². The van der Waals surface area contributed by atoms with Crippen molar-refractivity contribution in [3.63, 3.8) is 0 Å². The summed E-state index contributed by atoms with van der Waals surface area (Å²) in [5.41, 5.74) is 1.41. The number of hydroxylamine groups is 2. The van der Waals surface area contributed by atoms with Gasteiger partial charge in [-0.25, -0.2) is 9.75 Å². The van der Waals surface area contributed by atoms with Crippen LogP contribution in [0.4, 0.5) is 0 Å². The lowest BCUT2D eigenvalue weighted by atomic mass is 10.1. The number of hydrogen-bond acceptors (Lipinski definition) is 5. The molecule has 3 heterocycles. The maximum atomic E-state index is 12.7. The summed E-state index contributed by atoms with van der Waals surface area (Å²) in [4.78, 5) is 24.7. The molecule has 2 N–H and O–H groups in total. The highest BCUT2D eigenvalue weighted by Gasteiger charge is 2.30. The minimum atomic E-state index is -0.779. The zero-order chi connectivity index (χ0) is 19.7. The quantitative estimate of drug-likeness (QED) is 0.656. The Hall–Kier alpha value is -3.10. The third-order valence-corrected chi connectivity index (χ3v) is 4.76. The Morgan fingerprint density at radius 1 is 1.29 bits per heavy atom. The normalized spacial score (nSPS) is 17.0. The molecule has 0 aliphatic carbocycles. The average molecular weight is 401 g/mol. The van der Waals surface area contributed by atoms with Gasteiger partial charge in [0.15, 0.2) is 11.5 Å². The van der Waals surface area contributed by atoms with Gasteiger partial charge in [0.05, 0.1) is 12.0 Å². The molecule has 0 bridgehead atoms. The predicted molar refractivity (Wildman–Crippen MR) is 100 cm³/mol. The fraction of sp³-hybridized carbons (Fsp3) is 0.211. The molecule has 1 aliphatic heterocycles. The topological polar surface area (TPSA) is 101 Å². The van der Waals surface area contributed by atoms with Gasteiger partial charge < -0.3 is 9.73 Å². The maximum Gasteiger partial charge on any atom is 0.272 e. The fourth-order valence-electron chi connectivity index (χ4n) is 3.10. The number of piperidine rings is 1. The Kier molecular flexibility index (Phi) is 4.89. The van der Waals surface area contributed by atoms with Crippen molar-refractivity contribution in [3.05, 3.63) is 59.4 Å². The van der Waals surface area contributed by atoms with Crippen LogP contribution in [0.2, 0.25) is 5.02 Å². The largest absolute Gasteiger partial charge is 0.463 e. The highest BCUT2D eigenvalue weighted by molar-refractivity contribution is 6.30. The van der Waals surface area contributed by atoms with Crippen LogP contribution in [0.1, 0.15) is 23.3 Å². The van der Waals surface area contributed by atoms with E-state index in [0.29, 0.717) is 40.1 Å². The molecule has 2 amide bonds. The molecule has 1 unspecified atom stereocenters. The summed E-state index contributed by atoms with van der Waals surface area (Å²) < 4.78 is 7.04. The molecule has 8 nitrogen and oxygen atoms in total. The van der Waals surface area contributed by atoms with E-state index in [1.165, 1.54) is 6.26 Å². The van der Waals surface area contributed by atoms with Crippen molar-refractivity contribution in [1.29, 1.82) is 0 Å². The second-order valence-electron chi connectivity index (χ2n) is 6.41. The Labute approximate surface area is 165 Å². The van der Waals surface area contributed by atoms with Crippen molar-refractivity contribution in [2.24, 2.45) is 0 Å². The van der Waals surface area contributed by atoms with Crippen LogP contribution >= 0.6 is 11.6 Å². The minimum Gasteiger partial charge on any atom is -0.463 e. The van der Waals surface area contributed by atoms with E-state index in [1.807, 2.05) is 0 Å². The van der Waals surface area contributed by atoms with Gasteiger partial charge >= 0.3 is 0 Å². The third-order valence-electron chi connectivity index (χ3n) is 4.51. The van der Waals surface area contributed by atoms with E-state index in [4.69, 9.17) is 16.0 Å². The van der Waals surface area contributed by atoms with Crippen LogP contribution in [-0.4, -0.2) is 44.5 Å². The van der Waals surface area contributed by atoms with Crippen molar-refractivity contribution < 1.29 is 19.2 Å². The first-order valence-corrected chi connectivity index (χ1v) is 9.12. The second-order valence-corrected chi connectivity index (χ2v) is 6.85. The summed E-state index contributed by atoms with van der Waals surface area (Å²) in [5, 5.41) is 17.8. The monoisotopic (exact) mass is 400 g/mol. The molecule has 2 aromatic heterocycles. The van der Waals surface area contributed by atoms with E-state index in [-0.39, 0.29) is 12.2 Å². The van der Waals surface area contributed by atoms with E-state index in [0.717, 1.165) is 0 Å². The number of carbonyl (C=O) groups excluding carboxylic acids is 2. The van der Waals surface area contributed by atoms with Gasteiger partial charge in [-0.05, 0) is 49.2 Å². The zero-order valence-electron chi connectivity index (χ0n) is 14.7. The zero-order valence-corrected chi connectivity index (χ0v) is 15.5. The van der Waals surface area contributed by atoms with Crippen LogP contribution in [0.3, 0.4) is 0 Å². The summed E-state index contributed by atoms with van der Waals surface area (Å²) >= 11 is 5.96. The summed E-state index contributed by atoms with van der Waals surface area (Å²) in [6.45, 7) is 0.263. The SMILES string of the molecule is O=C(NC1CCCN(O)C1=O)c1cc(-c2ccco2)n(-c2ccc(Cl)cc2)n1. The molecular formula is C19H17ClN4O4. The molecule has 1 atom stereocenters. The molecule has 0 radical (unpaired) electrons. The van der Waals surface area contributed by atoms with Crippen LogP contribution in [0.15, 0.2) is 53.1 Å². The second kappa shape index (κ2) is 7.49. The maximum absolute atomic E-state index is 12.7. The molecule has 9 heteroatoms. The third kappa shape index (κ3) is 3.51. The Morgan fingerprint density at radius 3 is 2.79 bits per heavy atom. The van der Waals surface area contributed by atoms with E-state index in [9.17, 15) is 14.8 Å². The van der Waals surface area contributed by atoms with Crippen molar-refractivity contribution in [2.75, 3.05) is 6.54 Å². The van der Waals surface area contributed by atoms with Gasteiger partial charge in [-0.3, -0.25) is 14.8 Å². The molecule has 0 spiro atoms.